The van der Waals surface area contributed by atoms with Gasteiger partial charge in [0.05, 0.1) is 0 Å². The fraction of sp³-hybridized carbons (Fsp3) is 0.533. The Morgan fingerprint density at radius 1 is 1.26 bits per heavy atom. The number of hydrazine groups is 1. The van der Waals surface area contributed by atoms with E-state index in [1.807, 2.05) is 11.0 Å². The van der Waals surface area contributed by atoms with Gasteiger partial charge in [0.1, 0.15) is 6.04 Å². The van der Waals surface area contributed by atoms with Gasteiger partial charge in [-0.05, 0) is 44.2 Å². The van der Waals surface area contributed by atoms with Crippen molar-refractivity contribution in [1.82, 2.24) is 10.9 Å². The summed E-state index contributed by atoms with van der Waals surface area (Å²) in [7, 11) is 0. The van der Waals surface area contributed by atoms with Gasteiger partial charge in [0, 0.05) is 18.3 Å². The van der Waals surface area contributed by atoms with E-state index in [1.165, 1.54) is 5.56 Å². The Balaban J connectivity index is 1.85. The van der Waals surface area contributed by atoms with Gasteiger partial charge in [0.15, 0.2) is 0 Å². The van der Waals surface area contributed by atoms with Crippen LogP contribution in [0.15, 0.2) is 24.3 Å². The third-order valence-corrected chi connectivity index (χ3v) is 4.02. The second-order valence-electron chi connectivity index (χ2n) is 5.55. The number of benzene rings is 1. The first kappa shape index (κ1) is 12.6. The number of nitrogens with zero attached hydrogens (tertiary/aromatic N) is 1. The molecule has 2 heterocycles. The highest BCUT2D eigenvalue weighted by Gasteiger charge is 2.32. The second-order valence-corrected chi connectivity index (χ2v) is 5.55. The van der Waals surface area contributed by atoms with E-state index >= 15 is 0 Å². The van der Waals surface area contributed by atoms with Gasteiger partial charge in [-0.15, -0.1) is 0 Å². The monoisotopic (exact) mass is 259 g/mol. The molecule has 1 saturated heterocycles. The third kappa shape index (κ3) is 2.51. The third-order valence-electron chi connectivity index (χ3n) is 4.02. The van der Waals surface area contributed by atoms with Crippen LogP contribution < -0.4 is 15.8 Å². The lowest BCUT2D eigenvalue weighted by molar-refractivity contribution is -0.120. The largest absolute Gasteiger partial charge is 0.311 e. The van der Waals surface area contributed by atoms with E-state index in [9.17, 15) is 4.79 Å². The van der Waals surface area contributed by atoms with Crippen molar-refractivity contribution < 1.29 is 4.79 Å². The molecule has 4 heteroatoms. The van der Waals surface area contributed by atoms with Crippen LogP contribution in [-0.4, -0.2) is 24.5 Å². The Bertz CT molecular complexity index is 474. The fourth-order valence-electron chi connectivity index (χ4n) is 2.99. The zero-order chi connectivity index (χ0) is 13.2. The number of amides is 1. The zero-order valence-electron chi connectivity index (χ0n) is 11.4. The first-order valence-electron chi connectivity index (χ1n) is 7.16. The molecule has 4 nitrogen and oxygen atoms in total. The molecule has 0 saturated carbocycles. The molecule has 2 aliphatic rings. The van der Waals surface area contributed by atoms with Crippen molar-refractivity contribution in [3.8, 4) is 0 Å². The van der Waals surface area contributed by atoms with Crippen LogP contribution >= 0.6 is 0 Å². The van der Waals surface area contributed by atoms with Crippen LogP contribution in [0.25, 0.3) is 0 Å². The molecule has 0 bridgehead atoms. The van der Waals surface area contributed by atoms with Gasteiger partial charge in [0.2, 0.25) is 5.91 Å². The molecule has 102 valence electrons. The topological polar surface area (TPSA) is 44.4 Å². The highest BCUT2D eigenvalue weighted by Crippen LogP contribution is 2.27. The summed E-state index contributed by atoms with van der Waals surface area (Å²) in [5.41, 5.74) is 8.65. The minimum Gasteiger partial charge on any atom is -0.311 e. The lowest BCUT2D eigenvalue weighted by Gasteiger charge is -2.25. The summed E-state index contributed by atoms with van der Waals surface area (Å²) in [4.78, 5) is 14.7. The van der Waals surface area contributed by atoms with Crippen molar-refractivity contribution in [3.63, 3.8) is 0 Å². The van der Waals surface area contributed by atoms with E-state index in [0.29, 0.717) is 6.04 Å². The van der Waals surface area contributed by atoms with E-state index in [4.69, 9.17) is 0 Å². The molecule has 19 heavy (non-hydrogen) atoms. The molecule has 0 aliphatic carbocycles. The number of fused-ring (bicyclic) bond motifs is 1. The predicted octanol–water partition coefficient (Wildman–Crippen LogP) is 1.61. The number of para-hydroxylation sites is 1. The van der Waals surface area contributed by atoms with Crippen molar-refractivity contribution in [2.24, 2.45) is 0 Å². The summed E-state index contributed by atoms with van der Waals surface area (Å²) in [5, 5.41) is 0. The zero-order valence-corrected chi connectivity index (χ0v) is 11.4. The smallest absolute Gasteiger partial charge is 0.245 e. The van der Waals surface area contributed by atoms with Gasteiger partial charge >= 0.3 is 0 Å². The van der Waals surface area contributed by atoms with Crippen LogP contribution in [0.4, 0.5) is 5.69 Å². The highest BCUT2D eigenvalue weighted by molar-refractivity contribution is 5.98. The average Bonchev–Trinajstić information content (AvgIpc) is 2.74. The molecule has 2 aliphatic heterocycles. The molecular weight excluding hydrogens is 238 g/mol. The van der Waals surface area contributed by atoms with E-state index in [-0.39, 0.29) is 11.9 Å². The molecule has 1 fully saturated rings. The maximum absolute atomic E-state index is 12.7. The maximum atomic E-state index is 12.7. The SMILES string of the molecule is CC1CC(C(=O)N2CCCCc3ccccc32)NN1. The molecule has 2 N–H and O–H groups in total. The fourth-order valence-corrected chi connectivity index (χ4v) is 2.99. The summed E-state index contributed by atoms with van der Waals surface area (Å²) >= 11 is 0. The molecule has 0 radical (unpaired) electrons. The summed E-state index contributed by atoms with van der Waals surface area (Å²) in [6.07, 6.45) is 4.17. The maximum Gasteiger partial charge on any atom is 0.245 e. The summed E-state index contributed by atoms with van der Waals surface area (Å²) in [6, 6.07) is 8.56. The first-order valence-corrected chi connectivity index (χ1v) is 7.16. The Morgan fingerprint density at radius 2 is 2.11 bits per heavy atom. The molecule has 2 atom stereocenters. The number of carbonyl (C=O) groups excluding carboxylic acids is 1. The van der Waals surface area contributed by atoms with Gasteiger partial charge in [0.25, 0.3) is 0 Å². The van der Waals surface area contributed by atoms with Crippen molar-refractivity contribution >= 4 is 11.6 Å². The summed E-state index contributed by atoms with van der Waals surface area (Å²) in [6.45, 7) is 2.93. The molecule has 1 aromatic rings. The van der Waals surface area contributed by atoms with Crippen LogP contribution in [0.3, 0.4) is 0 Å². The van der Waals surface area contributed by atoms with E-state index in [0.717, 1.165) is 37.9 Å². The summed E-state index contributed by atoms with van der Waals surface area (Å²) in [5.74, 6) is 0.200. The van der Waals surface area contributed by atoms with Crippen molar-refractivity contribution in [2.75, 3.05) is 11.4 Å². The second kappa shape index (κ2) is 5.31. The van der Waals surface area contributed by atoms with Gasteiger partial charge in [-0.3, -0.25) is 10.2 Å². The lowest BCUT2D eigenvalue weighted by Crippen LogP contribution is -2.46. The predicted molar refractivity (Wildman–Crippen MR) is 75.9 cm³/mol. The van der Waals surface area contributed by atoms with E-state index in [2.05, 4.69) is 36.0 Å². The number of hydrogen-bond donors (Lipinski definition) is 2. The normalized spacial score (nSPS) is 26.9. The Hall–Kier alpha value is -1.39. The van der Waals surface area contributed by atoms with Gasteiger partial charge in [-0.2, -0.15) is 0 Å². The van der Waals surface area contributed by atoms with Crippen LogP contribution in [-0.2, 0) is 11.2 Å². The van der Waals surface area contributed by atoms with Gasteiger partial charge < -0.3 is 4.90 Å². The molecule has 1 aromatic carbocycles. The van der Waals surface area contributed by atoms with Gasteiger partial charge in [-0.25, -0.2) is 5.43 Å². The molecule has 3 rings (SSSR count). The first-order chi connectivity index (χ1) is 9.25. The lowest BCUT2D eigenvalue weighted by atomic mass is 10.1. The molecule has 2 unspecified atom stereocenters. The van der Waals surface area contributed by atoms with Crippen LogP contribution in [0, 0.1) is 0 Å². The number of carbonyl (C=O) groups is 1. The number of nitrogens with one attached hydrogen (secondary N) is 2. The Kier molecular flexibility index (Phi) is 3.53. The Labute approximate surface area is 114 Å². The number of hydrogen-bond acceptors (Lipinski definition) is 3. The van der Waals surface area contributed by atoms with E-state index < -0.39 is 0 Å². The molecular formula is C15H21N3O. The minimum absolute atomic E-state index is 0.0962. The molecule has 0 aromatic heterocycles. The van der Waals surface area contributed by atoms with Crippen molar-refractivity contribution in [1.29, 1.82) is 0 Å². The van der Waals surface area contributed by atoms with Crippen LogP contribution in [0.2, 0.25) is 0 Å². The Morgan fingerprint density at radius 3 is 2.89 bits per heavy atom. The van der Waals surface area contributed by atoms with Crippen molar-refractivity contribution in [3.05, 3.63) is 29.8 Å². The minimum atomic E-state index is -0.0962. The van der Waals surface area contributed by atoms with Crippen LogP contribution in [0.5, 0.6) is 0 Å². The molecule has 1 amide bonds. The standard InChI is InChI=1S/C15H21N3O/c1-11-10-13(17-16-11)15(19)18-9-5-4-7-12-6-2-3-8-14(12)18/h2-3,6,8,11,13,16-17H,4-5,7,9-10H2,1H3. The number of anilines is 1. The summed E-state index contributed by atoms with van der Waals surface area (Å²) < 4.78 is 0. The van der Waals surface area contributed by atoms with E-state index in [1.54, 1.807) is 0 Å². The van der Waals surface area contributed by atoms with Gasteiger partial charge in [-0.1, -0.05) is 18.2 Å². The highest BCUT2D eigenvalue weighted by atomic mass is 16.2. The van der Waals surface area contributed by atoms with Crippen LogP contribution in [0.1, 0.15) is 31.7 Å². The quantitative estimate of drug-likeness (QED) is 0.805. The number of aryl methyl sites for hydroxylation is 1. The molecule has 0 spiro atoms. The van der Waals surface area contributed by atoms with Crippen molar-refractivity contribution in [2.45, 2.75) is 44.7 Å². The average molecular weight is 259 g/mol. The number of rotatable bonds is 1.